The summed E-state index contributed by atoms with van der Waals surface area (Å²) < 4.78 is 5.02. The van der Waals surface area contributed by atoms with E-state index in [1.54, 1.807) is 0 Å². The Labute approximate surface area is 168 Å². The minimum atomic E-state index is -0.126. The fraction of sp³-hybridized carbons (Fsp3) is 0.400. The normalized spacial score (nSPS) is 24.4. The second-order valence-corrected chi connectivity index (χ2v) is 8.18. The van der Waals surface area contributed by atoms with Crippen LogP contribution in [-0.2, 0) is 22.4 Å². The Kier molecular flexibility index (Phi) is 5.63. The van der Waals surface area contributed by atoms with Crippen molar-refractivity contribution in [3.8, 4) is 0 Å². The molecule has 3 nitrogen and oxygen atoms in total. The molecule has 28 heavy (non-hydrogen) atoms. The van der Waals surface area contributed by atoms with E-state index >= 15 is 0 Å². The zero-order chi connectivity index (χ0) is 19.5. The third-order valence-corrected chi connectivity index (χ3v) is 6.56. The van der Waals surface area contributed by atoms with E-state index in [4.69, 9.17) is 4.74 Å². The fourth-order valence-electron chi connectivity index (χ4n) is 5.13. The molecule has 4 rings (SSSR count). The first-order valence-electron chi connectivity index (χ1n) is 10.2. The van der Waals surface area contributed by atoms with Crippen molar-refractivity contribution in [1.29, 1.82) is 0 Å². The number of esters is 1. The number of carbonyl (C=O) groups excluding carboxylic acids is 1. The topological polar surface area (TPSA) is 29.5 Å². The van der Waals surface area contributed by atoms with Crippen molar-refractivity contribution in [2.45, 2.75) is 44.2 Å². The van der Waals surface area contributed by atoms with E-state index in [1.165, 1.54) is 29.4 Å². The summed E-state index contributed by atoms with van der Waals surface area (Å²) in [6, 6.07) is 22.3. The van der Waals surface area contributed by atoms with Gasteiger partial charge in [-0.3, -0.25) is 9.69 Å². The van der Waals surface area contributed by atoms with Crippen LogP contribution >= 0.6 is 0 Å². The molecule has 0 unspecified atom stereocenters. The highest BCUT2D eigenvalue weighted by atomic mass is 16.5. The van der Waals surface area contributed by atoms with Crippen LogP contribution in [0.5, 0.6) is 0 Å². The minimum absolute atomic E-state index is 0.126. The molecule has 0 radical (unpaired) electrons. The molecule has 0 aliphatic carbocycles. The molecule has 2 aliphatic rings. The molecule has 146 valence electrons. The summed E-state index contributed by atoms with van der Waals surface area (Å²) in [6.45, 7) is 0. The third kappa shape index (κ3) is 3.90. The van der Waals surface area contributed by atoms with Gasteiger partial charge in [0.05, 0.1) is 13.5 Å². The van der Waals surface area contributed by atoms with Gasteiger partial charge < -0.3 is 4.74 Å². The van der Waals surface area contributed by atoms with Crippen LogP contribution in [0.15, 0.2) is 71.8 Å². The number of benzene rings is 2. The Morgan fingerprint density at radius 3 is 2.32 bits per heavy atom. The Morgan fingerprint density at radius 1 is 1.04 bits per heavy atom. The summed E-state index contributed by atoms with van der Waals surface area (Å²) >= 11 is 0. The zero-order valence-corrected chi connectivity index (χ0v) is 16.8. The molecule has 0 saturated carbocycles. The number of hydrogen-bond acceptors (Lipinski definition) is 3. The lowest BCUT2D eigenvalue weighted by molar-refractivity contribution is -0.140. The van der Waals surface area contributed by atoms with Gasteiger partial charge in [0.15, 0.2) is 0 Å². The Morgan fingerprint density at radius 2 is 1.68 bits per heavy atom. The molecule has 2 aromatic carbocycles. The van der Waals surface area contributed by atoms with E-state index in [0.29, 0.717) is 24.4 Å². The van der Waals surface area contributed by atoms with Gasteiger partial charge in [-0.25, -0.2) is 0 Å². The molecule has 1 fully saturated rings. The lowest BCUT2D eigenvalue weighted by atomic mass is 9.86. The van der Waals surface area contributed by atoms with Crippen LogP contribution in [0, 0.1) is 5.92 Å². The van der Waals surface area contributed by atoms with Crippen molar-refractivity contribution < 1.29 is 9.53 Å². The highest BCUT2D eigenvalue weighted by Crippen LogP contribution is 2.44. The van der Waals surface area contributed by atoms with Crippen molar-refractivity contribution in [2.24, 2.45) is 5.92 Å². The molecule has 1 saturated heterocycles. The monoisotopic (exact) mass is 375 g/mol. The van der Waals surface area contributed by atoms with E-state index < -0.39 is 0 Å². The maximum atomic E-state index is 12.2. The van der Waals surface area contributed by atoms with Crippen LogP contribution in [0.2, 0.25) is 0 Å². The Bertz CT molecular complexity index is 843. The number of nitrogens with zero attached hydrogens (tertiary/aromatic N) is 1. The number of carbonyl (C=O) groups is 1. The van der Waals surface area contributed by atoms with Gasteiger partial charge in [0, 0.05) is 12.1 Å². The number of hydrogen-bond donors (Lipinski definition) is 0. The number of likely N-dealkylation sites (N-methyl/N-ethyl adjacent to an activating group) is 1. The predicted octanol–water partition coefficient (Wildman–Crippen LogP) is 4.42. The second kappa shape index (κ2) is 8.32. The van der Waals surface area contributed by atoms with Gasteiger partial charge >= 0.3 is 5.97 Å². The highest BCUT2D eigenvalue weighted by molar-refractivity contribution is 5.73. The molecular weight excluding hydrogens is 346 g/mol. The van der Waals surface area contributed by atoms with E-state index in [1.807, 2.05) is 0 Å². The molecule has 2 bridgehead atoms. The summed E-state index contributed by atoms with van der Waals surface area (Å²) in [6.07, 6.45) is 4.63. The van der Waals surface area contributed by atoms with Crippen LogP contribution in [-0.4, -0.2) is 37.1 Å². The van der Waals surface area contributed by atoms with Crippen LogP contribution in [0.3, 0.4) is 0 Å². The molecule has 2 heterocycles. The summed E-state index contributed by atoms with van der Waals surface area (Å²) in [5.41, 5.74) is 5.47. The van der Waals surface area contributed by atoms with Crippen molar-refractivity contribution in [1.82, 2.24) is 4.90 Å². The van der Waals surface area contributed by atoms with Gasteiger partial charge in [-0.1, -0.05) is 66.2 Å². The summed E-state index contributed by atoms with van der Waals surface area (Å²) in [5.74, 6) is 0.497. The van der Waals surface area contributed by atoms with Crippen LogP contribution in [0.25, 0.3) is 0 Å². The number of fused-ring (bicyclic) bond motifs is 2. The van der Waals surface area contributed by atoms with Gasteiger partial charge in [0.25, 0.3) is 0 Å². The lowest BCUT2D eigenvalue weighted by Gasteiger charge is -2.36. The maximum absolute atomic E-state index is 12.2. The average molecular weight is 376 g/mol. The van der Waals surface area contributed by atoms with Crippen molar-refractivity contribution >= 4 is 5.97 Å². The first kappa shape index (κ1) is 18.9. The molecule has 0 N–H and O–H groups in total. The standard InChI is InChI=1S/C25H29NO2/c1-26-23-15-20(13-18-9-5-3-6-10-18)22(17-25(27)28-2)24(26)16-21(23)14-19-11-7-4-8-12-19/h3-12,21,23-24H,13-17H2,1-2H3/t21-,23-,24-/m1/s1. The third-order valence-electron chi connectivity index (χ3n) is 6.56. The molecule has 2 aliphatic heterocycles. The summed E-state index contributed by atoms with van der Waals surface area (Å²) in [7, 11) is 3.72. The van der Waals surface area contributed by atoms with Crippen LogP contribution in [0.1, 0.15) is 30.4 Å². The lowest BCUT2D eigenvalue weighted by Crippen LogP contribution is -2.40. The zero-order valence-electron chi connectivity index (χ0n) is 16.8. The Hall–Kier alpha value is -2.39. The van der Waals surface area contributed by atoms with Crippen molar-refractivity contribution in [2.75, 3.05) is 14.2 Å². The summed E-state index contributed by atoms with van der Waals surface area (Å²) in [5, 5.41) is 0. The van der Waals surface area contributed by atoms with E-state index in [2.05, 4.69) is 72.6 Å². The van der Waals surface area contributed by atoms with Gasteiger partial charge in [-0.05, 0) is 55.3 Å². The van der Waals surface area contributed by atoms with E-state index in [0.717, 1.165) is 25.7 Å². The second-order valence-electron chi connectivity index (χ2n) is 8.18. The number of ether oxygens (including phenoxy) is 1. The smallest absolute Gasteiger partial charge is 0.309 e. The highest BCUT2D eigenvalue weighted by Gasteiger charge is 2.45. The van der Waals surface area contributed by atoms with Crippen LogP contribution < -0.4 is 0 Å². The molecule has 3 heteroatoms. The first-order chi connectivity index (χ1) is 13.7. The van der Waals surface area contributed by atoms with Crippen molar-refractivity contribution in [3.63, 3.8) is 0 Å². The maximum Gasteiger partial charge on any atom is 0.309 e. The quantitative estimate of drug-likeness (QED) is 0.553. The van der Waals surface area contributed by atoms with Gasteiger partial charge in [-0.2, -0.15) is 0 Å². The fourth-order valence-corrected chi connectivity index (χ4v) is 5.13. The van der Waals surface area contributed by atoms with Gasteiger partial charge in [0.1, 0.15) is 0 Å². The Balaban J connectivity index is 1.60. The van der Waals surface area contributed by atoms with Crippen molar-refractivity contribution in [3.05, 3.63) is 82.9 Å². The summed E-state index contributed by atoms with van der Waals surface area (Å²) in [4.78, 5) is 14.7. The largest absolute Gasteiger partial charge is 0.469 e. The molecule has 0 amide bonds. The molecular formula is C25H29NO2. The SMILES string of the molecule is COC(=O)CC1=C(Cc2ccccc2)C[C@@H]2[C@H](Cc3ccccc3)C[C@H]1N2C. The molecule has 3 atom stereocenters. The predicted molar refractivity (Wildman–Crippen MR) is 112 cm³/mol. The average Bonchev–Trinajstić information content (AvgIpc) is 2.93. The van der Waals surface area contributed by atoms with Gasteiger partial charge in [0.2, 0.25) is 0 Å². The van der Waals surface area contributed by atoms with E-state index in [-0.39, 0.29) is 5.97 Å². The van der Waals surface area contributed by atoms with Crippen LogP contribution in [0.4, 0.5) is 0 Å². The number of methoxy groups -OCH3 is 1. The number of rotatable bonds is 6. The molecule has 0 aromatic heterocycles. The molecule has 2 aromatic rings. The van der Waals surface area contributed by atoms with Gasteiger partial charge in [-0.15, -0.1) is 0 Å². The minimum Gasteiger partial charge on any atom is -0.469 e. The van der Waals surface area contributed by atoms with E-state index in [9.17, 15) is 4.79 Å². The first-order valence-corrected chi connectivity index (χ1v) is 10.2. The molecule has 0 spiro atoms.